The molecule has 0 amide bonds. The van der Waals surface area contributed by atoms with E-state index in [1.165, 1.54) is 0 Å². The van der Waals surface area contributed by atoms with Gasteiger partial charge in [0.15, 0.2) is 0 Å². The molecule has 1 atom stereocenters. The van der Waals surface area contributed by atoms with Crippen LogP contribution >= 0.6 is 0 Å². The maximum atomic E-state index is 9.67. The van der Waals surface area contributed by atoms with Crippen LogP contribution in [0.1, 0.15) is 30.5 Å². The molecule has 2 heteroatoms. The van der Waals surface area contributed by atoms with Gasteiger partial charge in [-0.1, -0.05) is 97.1 Å². The van der Waals surface area contributed by atoms with Crippen molar-refractivity contribution in [2.24, 2.45) is 0 Å². The molecule has 0 heterocycles. The van der Waals surface area contributed by atoms with Crippen LogP contribution in [0.4, 0.5) is 0 Å². The molecule has 0 aliphatic heterocycles. The Morgan fingerprint density at radius 3 is 1.52 bits per heavy atom. The van der Waals surface area contributed by atoms with Crippen LogP contribution in [0.25, 0.3) is 0 Å². The van der Waals surface area contributed by atoms with Crippen LogP contribution < -0.4 is 0 Å². The maximum Gasteiger partial charge on any atom is 0.144 e. The van der Waals surface area contributed by atoms with E-state index in [0.717, 1.165) is 22.3 Å². The average molecular weight is 358 g/mol. The van der Waals surface area contributed by atoms with Crippen molar-refractivity contribution in [2.75, 3.05) is 6.61 Å². The molecular formula is C25H26O2. The molecule has 138 valence electrons. The number of ether oxygens (including phenoxy) is 1. The average Bonchev–Trinajstić information content (AvgIpc) is 2.70. The van der Waals surface area contributed by atoms with Crippen LogP contribution in [0.2, 0.25) is 0 Å². The molecule has 0 fully saturated rings. The summed E-state index contributed by atoms with van der Waals surface area (Å²) in [5.74, 6) is 0. The summed E-state index contributed by atoms with van der Waals surface area (Å²) in [5.41, 5.74) is 3.50. The van der Waals surface area contributed by atoms with Gasteiger partial charge in [0.05, 0.1) is 12.7 Å². The van der Waals surface area contributed by atoms with E-state index in [0.29, 0.717) is 6.61 Å². The molecule has 1 N–H and O–H groups in total. The monoisotopic (exact) mass is 358 g/mol. The second-order valence-corrected chi connectivity index (χ2v) is 6.82. The largest absolute Gasteiger partial charge is 0.389 e. The van der Waals surface area contributed by atoms with E-state index in [9.17, 15) is 5.11 Å². The molecule has 0 radical (unpaired) electrons. The summed E-state index contributed by atoms with van der Waals surface area (Å²) in [6.07, 6.45) is 1.33. The van der Waals surface area contributed by atoms with Crippen LogP contribution in [-0.4, -0.2) is 17.8 Å². The highest BCUT2D eigenvalue weighted by atomic mass is 16.5. The van der Waals surface area contributed by atoms with Gasteiger partial charge in [-0.2, -0.15) is 0 Å². The highest BCUT2D eigenvalue weighted by Crippen LogP contribution is 2.40. The van der Waals surface area contributed by atoms with Crippen molar-refractivity contribution in [1.29, 1.82) is 0 Å². The van der Waals surface area contributed by atoms with Gasteiger partial charge in [0.25, 0.3) is 0 Å². The van der Waals surface area contributed by atoms with Crippen molar-refractivity contribution in [3.8, 4) is 0 Å². The first-order valence-corrected chi connectivity index (χ1v) is 9.29. The number of hydrogen-bond acceptors (Lipinski definition) is 2. The standard InChI is InChI=1S/C25H26O2/c1-20(18-21(2)26)19-27-25(22-12-6-3-7-13-22,23-14-8-4-9-15-23)24-16-10-5-11-17-24/h3-18,21,26H,19H2,1-2H3/b20-18+/t21-/m1/s1. The molecule has 0 unspecified atom stereocenters. The Labute approximate surface area is 161 Å². The summed E-state index contributed by atoms with van der Waals surface area (Å²) >= 11 is 0. The number of hydrogen-bond donors (Lipinski definition) is 1. The first-order valence-electron chi connectivity index (χ1n) is 9.29. The highest BCUT2D eigenvalue weighted by molar-refractivity contribution is 5.47. The molecule has 0 aliphatic carbocycles. The number of rotatable bonds is 7. The molecule has 27 heavy (non-hydrogen) atoms. The Hall–Kier alpha value is -2.68. The van der Waals surface area contributed by atoms with Crippen LogP contribution in [0.3, 0.4) is 0 Å². The van der Waals surface area contributed by atoms with E-state index < -0.39 is 11.7 Å². The first kappa shape index (κ1) is 19.1. The van der Waals surface area contributed by atoms with E-state index in [2.05, 4.69) is 36.4 Å². The summed E-state index contributed by atoms with van der Waals surface area (Å²) in [7, 11) is 0. The van der Waals surface area contributed by atoms with Crippen molar-refractivity contribution in [1.82, 2.24) is 0 Å². The Bertz CT molecular complexity index is 756. The number of aliphatic hydroxyl groups is 1. The Morgan fingerprint density at radius 2 is 1.19 bits per heavy atom. The third kappa shape index (κ3) is 4.36. The molecule has 2 nitrogen and oxygen atoms in total. The van der Waals surface area contributed by atoms with Crippen LogP contribution in [0.15, 0.2) is 103 Å². The van der Waals surface area contributed by atoms with Crippen molar-refractivity contribution >= 4 is 0 Å². The second-order valence-electron chi connectivity index (χ2n) is 6.82. The second kappa shape index (κ2) is 8.81. The fraction of sp³-hybridized carbons (Fsp3) is 0.200. The molecular weight excluding hydrogens is 332 g/mol. The quantitative estimate of drug-likeness (QED) is 0.457. The lowest BCUT2D eigenvalue weighted by molar-refractivity contribution is 0.0273. The van der Waals surface area contributed by atoms with Crippen LogP contribution in [0.5, 0.6) is 0 Å². The molecule has 3 aromatic carbocycles. The lowest BCUT2D eigenvalue weighted by Crippen LogP contribution is -2.33. The normalized spacial score (nSPS) is 13.4. The van der Waals surface area contributed by atoms with E-state index in [4.69, 9.17) is 4.74 Å². The third-order valence-corrected chi connectivity index (χ3v) is 4.58. The number of aliphatic hydroxyl groups excluding tert-OH is 1. The molecule has 0 spiro atoms. The van der Waals surface area contributed by atoms with Gasteiger partial charge in [0, 0.05) is 0 Å². The molecule has 0 aromatic heterocycles. The minimum Gasteiger partial charge on any atom is -0.389 e. The van der Waals surface area contributed by atoms with Gasteiger partial charge in [-0.3, -0.25) is 0 Å². The zero-order valence-electron chi connectivity index (χ0n) is 15.9. The van der Waals surface area contributed by atoms with E-state index >= 15 is 0 Å². The van der Waals surface area contributed by atoms with Gasteiger partial charge in [0.1, 0.15) is 5.60 Å². The van der Waals surface area contributed by atoms with E-state index in [-0.39, 0.29) is 0 Å². The fourth-order valence-electron chi connectivity index (χ4n) is 3.45. The van der Waals surface area contributed by atoms with Gasteiger partial charge >= 0.3 is 0 Å². The zero-order valence-corrected chi connectivity index (χ0v) is 15.9. The van der Waals surface area contributed by atoms with Gasteiger partial charge < -0.3 is 9.84 Å². The predicted molar refractivity (Wildman–Crippen MR) is 111 cm³/mol. The van der Waals surface area contributed by atoms with Crippen LogP contribution in [-0.2, 0) is 10.3 Å². The molecule has 0 aliphatic rings. The van der Waals surface area contributed by atoms with Gasteiger partial charge in [-0.05, 0) is 36.1 Å². The van der Waals surface area contributed by atoms with E-state index in [1.807, 2.05) is 67.6 Å². The summed E-state index contributed by atoms with van der Waals surface area (Å²) in [6, 6.07) is 30.9. The summed E-state index contributed by atoms with van der Waals surface area (Å²) < 4.78 is 6.67. The SMILES string of the molecule is C/C(=C\[C@@H](C)O)COC(c1ccccc1)(c1ccccc1)c1ccccc1. The lowest BCUT2D eigenvalue weighted by atomic mass is 9.80. The van der Waals surface area contributed by atoms with Crippen molar-refractivity contribution < 1.29 is 9.84 Å². The Kier molecular flexibility index (Phi) is 6.23. The van der Waals surface area contributed by atoms with Gasteiger partial charge in [-0.25, -0.2) is 0 Å². The van der Waals surface area contributed by atoms with Gasteiger partial charge in [0.2, 0.25) is 0 Å². The maximum absolute atomic E-state index is 9.67. The first-order chi connectivity index (χ1) is 13.1. The Balaban J connectivity index is 2.17. The zero-order chi connectivity index (χ0) is 19.1. The van der Waals surface area contributed by atoms with Crippen LogP contribution in [0, 0.1) is 0 Å². The topological polar surface area (TPSA) is 29.5 Å². The van der Waals surface area contributed by atoms with E-state index in [1.54, 1.807) is 6.92 Å². The lowest BCUT2D eigenvalue weighted by Gasteiger charge is -2.36. The van der Waals surface area contributed by atoms with Crippen molar-refractivity contribution in [3.05, 3.63) is 119 Å². The fourth-order valence-corrected chi connectivity index (χ4v) is 3.45. The number of benzene rings is 3. The van der Waals surface area contributed by atoms with Crippen molar-refractivity contribution in [3.63, 3.8) is 0 Å². The summed E-state index contributed by atoms with van der Waals surface area (Å²) in [6.45, 7) is 4.16. The molecule has 0 bridgehead atoms. The Morgan fingerprint density at radius 1 is 0.815 bits per heavy atom. The third-order valence-electron chi connectivity index (χ3n) is 4.58. The molecule has 3 rings (SSSR count). The van der Waals surface area contributed by atoms with Crippen molar-refractivity contribution in [2.45, 2.75) is 25.6 Å². The smallest absolute Gasteiger partial charge is 0.144 e. The summed E-state index contributed by atoms with van der Waals surface area (Å²) in [4.78, 5) is 0. The van der Waals surface area contributed by atoms with Gasteiger partial charge in [-0.15, -0.1) is 0 Å². The minimum atomic E-state index is -0.725. The molecule has 0 saturated carbocycles. The highest BCUT2D eigenvalue weighted by Gasteiger charge is 2.37. The molecule has 3 aromatic rings. The minimum absolute atomic E-state index is 0.420. The summed E-state index contributed by atoms with van der Waals surface area (Å²) in [5, 5.41) is 9.67. The predicted octanol–water partition coefficient (Wildman–Crippen LogP) is 5.32. The molecule has 0 saturated heterocycles.